The predicted octanol–water partition coefficient (Wildman–Crippen LogP) is 2.80. The summed E-state index contributed by atoms with van der Waals surface area (Å²) in [6.45, 7) is 1.48. The largest absolute Gasteiger partial charge is 0.359 e. The summed E-state index contributed by atoms with van der Waals surface area (Å²) < 4.78 is 0. The molecule has 0 fully saturated rings. The molecule has 0 bridgehead atoms. The third-order valence-corrected chi connectivity index (χ3v) is 4.12. The molecule has 3 N–H and O–H groups in total. The Morgan fingerprint density at radius 3 is 2.95 bits per heavy atom. The zero-order valence-corrected chi connectivity index (χ0v) is 13.3. The summed E-state index contributed by atoms with van der Waals surface area (Å²) in [6, 6.07) is 6.13. The van der Waals surface area contributed by atoms with Gasteiger partial charge in [-0.05, 0) is 24.5 Å². The molecule has 3 rings (SSSR count). The Morgan fingerprint density at radius 1 is 1.32 bits per heavy atom. The molecule has 0 atom stereocenters. The van der Waals surface area contributed by atoms with Gasteiger partial charge < -0.3 is 15.6 Å². The van der Waals surface area contributed by atoms with Crippen LogP contribution in [0.2, 0.25) is 0 Å². The molecule has 7 heteroatoms. The van der Waals surface area contributed by atoms with E-state index in [0.29, 0.717) is 5.13 Å². The van der Waals surface area contributed by atoms with E-state index in [1.807, 2.05) is 24.6 Å². The first-order valence-electron chi connectivity index (χ1n) is 7.03. The molecule has 6 nitrogen and oxygen atoms in total. The lowest BCUT2D eigenvalue weighted by Gasteiger charge is -2.00. The Kier molecular flexibility index (Phi) is 4.06. The number of aromatic nitrogens is 3. The number of benzene rings is 1. The van der Waals surface area contributed by atoms with E-state index in [-0.39, 0.29) is 5.91 Å². The quantitative estimate of drug-likeness (QED) is 0.676. The number of aromatic amines is 1. The van der Waals surface area contributed by atoms with E-state index in [9.17, 15) is 4.79 Å². The molecule has 114 valence electrons. The molecule has 0 saturated carbocycles. The maximum Gasteiger partial charge on any atom is 0.223 e. The first kappa shape index (κ1) is 14.5. The van der Waals surface area contributed by atoms with E-state index >= 15 is 0 Å². The summed E-state index contributed by atoms with van der Waals surface area (Å²) >= 11 is 1.45. The molecule has 0 saturated heterocycles. The molecule has 0 unspecified atom stereocenters. The number of nitrogens with one attached hydrogen (secondary N) is 3. The molecular formula is C15H17N5OS. The fourth-order valence-corrected chi connectivity index (χ4v) is 3.10. The molecule has 0 spiro atoms. The number of para-hydroxylation sites is 1. The topological polar surface area (TPSA) is 82.7 Å². The second-order valence-corrected chi connectivity index (χ2v) is 5.83. The van der Waals surface area contributed by atoms with Crippen LogP contribution in [-0.4, -0.2) is 27.9 Å². The Hall–Kier alpha value is -2.41. The molecule has 0 radical (unpaired) electrons. The van der Waals surface area contributed by atoms with Crippen molar-refractivity contribution in [2.75, 3.05) is 17.7 Å². The molecule has 0 aliphatic carbocycles. The number of thiazole rings is 1. The van der Waals surface area contributed by atoms with Crippen LogP contribution in [0, 0.1) is 0 Å². The van der Waals surface area contributed by atoms with Crippen LogP contribution in [0.4, 0.5) is 11.1 Å². The summed E-state index contributed by atoms with van der Waals surface area (Å²) in [4.78, 5) is 23.2. The van der Waals surface area contributed by atoms with Crippen molar-refractivity contribution in [1.29, 1.82) is 0 Å². The van der Waals surface area contributed by atoms with Crippen LogP contribution in [0.3, 0.4) is 0 Å². The van der Waals surface area contributed by atoms with Gasteiger partial charge in [-0.15, -0.1) is 11.3 Å². The zero-order chi connectivity index (χ0) is 15.5. The monoisotopic (exact) mass is 315 g/mol. The number of carbonyl (C=O) groups excluding carboxylic acids is 1. The average Bonchev–Trinajstić information content (AvgIpc) is 3.10. The van der Waals surface area contributed by atoms with E-state index in [0.717, 1.165) is 35.5 Å². The fraction of sp³-hybridized carbons (Fsp3) is 0.267. The highest BCUT2D eigenvalue weighted by Crippen LogP contribution is 2.21. The molecular weight excluding hydrogens is 298 g/mol. The van der Waals surface area contributed by atoms with Crippen molar-refractivity contribution in [1.82, 2.24) is 15.0 Å². The van der Waals surface area contributed by atoms with E-state index in [1.54, 1.807) is 0 Å². The highest BCUT2D eigenvalue weighted by Gasteiger charge is 2.08. The number of hydrogen-bond donors (Lipinski definition) is 3. The molecule has 3 aromatic rings. The van der Waals surface area contributed by atoms with Gasteiger partial charge in [0.2, 0.25) is 11.9 Å². The summed E-state index contributed by atoms with van der Waals surface area (Å²) in [6.07, 6.45) is 1.67. The van der Waals surface area contributed by atoms with Crippen molar-refractivity contribution in [2.45, 2.75) is 19.8 Å². The number of hydrogen-bond acceptors (Lipinski definition) is 5. The summed E-state index contributed by atoms with van der Waals surface area (Å²) in [7, 11) is 1.84. The van der Waals surface area contributed by atoms with Gasteiger partial charge in [0.25, 0.3) is 0 Å². The summed E-state index contributed by atoms with van der Waals surface area (Å²) in [5.41, 5.74) is 4.18. The second kappa shape index (κ2) is 6.15. The first-order chi connectivity index (χ1) is 10.7. The standard InChI is InChI=1S/C15H17N5OS/c1-9(21)17-15-18-11(8-22-15)7-6-10-4-3-5-12-13(10)20-14(16-2)19-12/h3-5,8H,6-7H2,1-2H3,(H2,16,19,20)(H,17,18,21). The van der Waals surface area contributed by atoms with E-state index in [1.165, 1.54) is 23.8 Å². The van der Waals surface area contributed by atoms with Crippen LogP contribution in [-0.2, 0) is 17.6 Å². The number of amides is 1. The van der Waals surface area contributed by atoms with Crippen LogP contribution in [0.5, 0.6) is 0 Å². The van der Waals surface area contributed by atoms with Crippen LogP contribution in [0.25, 0.3) is 11.0 Å². The number of fused-ring (bicyclic) bond motifs is 1. The summed E-state index contributed by atoms with van der Waals surface area (Å²) in [5, 5.41) is 8.36. The van der Waals surface area contributed by atoms with Gasteiger partial charge in [-0.3, -0.25) is 4.79 Å². The number of aryl methyl sites for hydroxylation is 2. The molecule has 0 aliphatic rings. The third-order valence-electron chi connectivity index (χ3n) is 3.32. The Morgan fingerprint density at radius 2 is 2.18 bits per heavy atom. The predicted molar refractivity (Wildman–Crippen MR) is 89.5 cm³/mol. The smallest absolute Gasteiger partial charge is 0.223 e. The number of imidazole rings is 1. The second-order valence-electron chi connectivity index (χ2n) is 4.97. The molecule has 1 aromatic carbocycles. The molecule has 1 amide bonds. The minimum atomic E-state index is -0.0956. The molecule has 22 heavy (non-hydrogen) atoms. The molecule has 2 heterocycles. The molecule has 0 aliphatic heterocycles. The maximum absolute atomic E-state index is 11.0. The minimum Gasteiger partial charge on any atom is -0.359 e. The van der Waals surface area contributed by atoms with Crippen LogP contribution in [0.15, 0.2) is 23.6 Å². The van der Waals surface area contributed by atoms with Gasteiger partial charge in [0.05, 0.1) is 16.7 Å². The van der Waals surface area contributed by atoms with Crippen molar-refractivity contribution in [3.05, 3.63) is 34.8 Å². The lowest BCUT2D eigenvalue weighted by molar-refractivity contribution is -0.114. The van der Waals surface area contributed by atoms with Gasteiger partial charge in [0.15, 0.2) is 5.13 Å². The van der Waals surface area contributed by atoms with Crippen molar-refractivity contribution in [2.24, 2.45) is 0 Å². The van der Waals surface area contributed by atoms with Crippen molar-refractivity contribution in [3.8, 4) is 0 Å². The van der Waals surface area contributed by atoms with E-state index < -0.39 is 0 Å². The fourth-order valence-electron chi connectivity index (χ4n) is 2.30. The maximum atomic E-state index is 11.0. The number of H-pyrrole nitrogens is 1. The van der Waals surface area contributed by atoms with Crippen LogP contribution >= 0.6 is 11.3 Å². The van der Waals surface area contributed by atoms with Crippen molar-refractivity contribution < 1.29 is 4.79 Å². The van der Waals surface area contributed by atoms with Crippen LogP contribution in [0.1, 0.15) is 18.2 Å². The zero-order valence-electron chi connectivity index (χ0n) is 12.4. The van der Waals surface area contributed by atoms with Gasteiger partial charge in [0, 0.05) is 19.4 Å². The lowest BCUT2D eigenvalue weighted by Crippen LogP contribution is -2.05. The number of anilines is 2. The van der Waals surface area contributed by atoms with Gasteiger partial charge >= 0.3 is 0 Å². The normalized spacial score (nSPS) is 10.8. The highest BCUT2D eigenvalue weighted by molar-refractivity contribution is 7.13. The number of carbonyl (C=O) groups is 1. The number of nitrogens with zero attached hydrogens (tertiary/aromatic N) is 2. The SMILES string of the molecule is CNc1nc2c(CCc3csc(NC(C)=O)n3)cccc2[nH]1. The summed E-state index contributed by atoms with van der Waals surface area (Å²) in [5.74, 6) is 0.672. The minimum absolute atomic E-state index is 0.0956. The van der Waals surface area contributed by atoms with Gasteiger partial charge in [-0.1, -0.05) is 12.1 Å². The Balaban J connectivity index is 1.74. The first-order valence-corrected chi connectivity index (χ1v) is 7.91. The van der Waals surface area contributed by atoms with E-state index in [4.69, 9.17) is 0 Å². The van der Waals surface area contributed by atoms with E-state index in [2.05, 4.69) is 31.7 Å². The Bertz CT molecular complexity index is 807. The third kappa shape index (κ3) is 3.09. The number of rotatable bonds is 5. The highest BCUT2D eigenvalue weighted by atomic mass is 32.1. The van der Waals surface area contributed by atoms with Gasteiger partial charge in [-0.25, -0.2) is 9.97 Å². The van der Waals surface area contributed by atoms with Gasteiger partial charge in [-0.2, -0.15) is 0 Å². The van der Waals surface area contributed by atoms with Crippen molar-refractivity contribution >= 4 is 39.4 Å². The molecule has 2 aromatic heterocycles. The van der Waals surface area contributed by atoms with Gasteiger partial charge in [0.1, 0.15) is 0 Å². The van der Waals surface area contributed by atoms with Crippen molar-refractivity contribution in [3.63, 3.8) is 0 Å². The lowest BCUT2D eigenvalue weighted by atomic mass is 10.1. The van der Waals surface area contributed by atoms with Crippen LogP contribution < -0.4 is 10.6 Å². The Labute approximate surface area is 132 Å². The average molecular weight is 315 g/mol.